The largest absolute Gasteiger partial charge is 0 e. The Bertz CT molecular complexity index is 3.25. The molecule has 0 aromatic heterocycles. The molecule has 0 heterocycles. The van der Waals surface area contributed by atoms with Crippen molar-refractivity contribution in [3.8, 4) is 0 Å². The fraction of sp³-hybridized carbons (Fsp3) is 0. The van der Waals surface area contributed by atoms with Crippen LogP contribution in [0.2, 0.25) is 0 Å². The van der Waals surface area contributed by atoms with Gasteiger partial charge in [0, 0.05) is 72.7 Å². The minimum atomic E-state index is 0. The van der Waals surface area contributed by atoms with Crippen LogP contribution in [0.4, 0.5) is 0 Å². The van der Waals surface area contributed by atoms with Gasteiger partial charge in [-0.25, -0.2) is 0 Å². The molecule has 0 aromatic carbocycles. The van der Waals surface area contributed by atoms with Crippen molar-refractivity contribution in [3.05, 3.63) is 0 Å². The summed E-state index contributed by atoms with van der Waals surface area (Å²) in [7, 11) is 0. The van der Waals surface area contributed by atoms with Gasteiger partial charge in [-0.1, -0.05) is 0 Å². The predicted molar refractivity (Wildman–Crippen MR) is 0 cm³/mol. The molecule has 0 nitrogen and oxygen atoms in total. The van der Waals surface area contributed by atoms with E-state index < -0.39 is 0 Å². The molecule has 0 amide bonds. The van der Waals surface area contributed by atoms with Crippen LogP contribution < -0.4 is 0 Å². The summed E-state index contributed by atoms with van der Waals surface area (Å²) in [5.74, 6) is 0. The second-order valence-corrected chi connectivity index (χ2v) is 0. The Morgan fingerprint density at radius 2 is 0.500 bits per heavy atom. The van der Waals surface area contributed by atoms with E-state index in [0.717, 1.165) is 0 Å². The van der Waals surface area contributed by atoms with Gasteiger partial charge in [0.15, 0.2) is 0 Å². The maximum Gasteiger partial charge on any atom is 0 e. The molecule has 0 saturated carbocycles. The maximum atomic E-state index is 0. The molecule has 0 aromatic rings. The quantitative estimate of drug-likeness (QED) is 0.524. The van der Waals surface area contributed by atoms with Crippen LogP contribution in [0.25, 0.3) is 0 Å². The minimum Gasteiger partial charge on any atom is 0 e. The summed E-state index contributed by atoms with van der Waals surface area (Å²) in [5.41, 5.74) is 0. The van der Waals surface area contributed by atoms with Crippen LogP contribution in [0.1, 0.15) is 0 Å². The van der Waals surface area contributed by atoms with Crippen LogP contribution in [0, 0.1) is 0 Å². The Balaban J connectivity index is 0. The fourth-order valence-corrected chi connectivity index (χ4v) is 0. The van der Waals surface area contributed by atoms with Crippen molar-refractivity contribution in [3.63, 3.8) is 0 Å². The molecular weight excluding hydrogens is 374 g/mol. The number of rotatable bonds is 0. The molecule has 0 aliphatic rings. The first-order valence-electron chi connectivity index (χ1n) is 0. The molecule has 4 radical (unpaired) electrons. The van der Waals surface area contributed by atoms with Crippen molar-refractivity contribution in [2.75, 3.05) is 0 Å². The zero-order valence-corrected chi connectivity index (χ0v) is 6.59. The van der Waals surface area contributed by atoms with Gasteiger partial charge in [0.2, 0.25) is 0 Å². The monoisotopic (exact) mass is 374 g/mol. The number of hydrogen-bond donors (Lipinski definition) is 0. The molecule has 0 rings (SSSR count). The molecule has 0 saturated heterocycles. The summed E-state index contributed by atoms with van der Waals surface area (Å²) in [4.78, 5) is 0. The number of hydrogen-bond acceptors (Lipinski definition) is 0. The third-order valence-electron chi connectivity index (χ3n) is 0. The van der Waals surface area contributed by atoms with Gasteiger partial charge in [0.1, 0.15) is 0 Å². The summed E-state index contributed by atoms with van der Waals surface area (Å²) >= 11 is 0. The van der Waals surface area contributed by atoms with E-state index in [2.05, 4.69) is 0 Å². The first-order chi connectivity index (χ1) is 0. The van der Waals surface area contributed by atoms with Crippen LogP contribution in [0.15, 0.2) is 0 Å². The van der Waals surface area contributed by atoms with Gasteiger partial charge >= 0.3 is 0 Å². The molecule has 0 N–H and O–H groups in total. The van der Waals surface area contributed by atoms with Crippen molar-refractivity contribution in [2.45, 2.75) is 0 Å². The first kappa shape index (κ1) is 33.9. The van der Waals surface area contributed by atoms with Gasteiger partial charge in [0.25, 0.3) is 0 Å². The van der Waals surface area contributed by atoms with Crippen LogP contribution in [-0.4, -0.2) is 0 Å². The van der Waals surface area contributed by atoms with Gasteiger partial charge in [-0.05, 0) is 0 Å². The molecule has 0 bridgehead atoms. The topological polar surface area (TPSA) is 0 Å². The third kappa shape index (κ3) is 8.86. The smallest absolute Gasteiger partial charge is 0 e. The summed E-state index contributed by atoms with van der Waals surface area (Å²) in [6, 6.07) is 0. The maximum absolute atomic E-state index is 0. The Hall–Kier alpha value is 2.26. The van der Waals surface area contributed by atoms with E-state index >= 15 is 0 Å². The normalized spacial score (nSPS) is 0. The van der Waals surface area contributed by atoms with Crippen molar-refractivity contribution < 1.29 is 72.7 Å². The molecule has 4 heteroatoms. The van der Waals surface area contributed by atoms with Gasteiger partial charge in [-0.2, -0.15) is 0 Å². The Labute approximate surface area is 72.0 Å². The third-order valence-corrected chi connectivity index (χ3v) is 0. The average Bonchev–Trinajstić information content (AvgIpc) is 0. The van der Waals surface area contributed by atoms with E-state index in [1.165, 1.54) is 0 Å². The van der Waals surface area contributed by atoms with Gasteiger partial charge < -0.3 is 0 Å². The van der Waals surface area contributed by atoms with Crippen LogP contribution in [-0.2, 0) is 72.7 Å². The summed E-state index contributed by atoms with van der Waals surface area (Å²) in [6.07, 6.45) is 0. The van der Waals surface area contributed by atoms with Crippen molar-refractivity contribution in [1.82, 2.24) is 0 Å². The molecule has 4 heavy (non-hydrogen) atoms. The summed E-state index contributed by atoms with van der Waals surface area (Å²) < 4.78 is 0. The molecule has 0 aliphatic heterocycles. The van der Waals surface area contributed by atoms with E-state index in [0.29, 0.717) is 0 Å². The Morgan fingerprint density at radius 3 is 0.500 bits per heavy atom. The van der Waals surface area contributed by atoms with Crippen LogP contribution >= 0.6 is 0 Å². The van der Waals surface area contributed by atoms with Crippen molar-refractivity contribution in [1.29, 1.82) is 0 Å². The van der Waals surface area contributed by atoms with Gasteiger partial charge in [-0.15, -0.1) is 0 Å². The second-order valence-electron chi connectivity index (χ2n) is 0. The molecule has 0 aliphatic carbocycles. The second kappa shape index (κ2) is 18.7. The Kier molecular flexibility index (Phi) is 158. The average molecular weight is 374 g/mol. The zero-order chi connectivity index (χ0) is 0. The SMILES string of the molecule is [Au].[Co].[Co].[Co]. The molecule has 0 fully saturated rings. The zero-order valence-electron chi connectivity index (χ0n) is 1.30. The molecule has 0 atom stereocenters. The van der Waals surface area contributed by atoms with Gasteiger partial charge in [0.05, 0.1) is 0 Å². The van der Waals surface area contributed by atoms with E-state index in [9.17, 15) is 0 Å². The first-order valence-corrected chi connectivity index (χ1v) is 0. The molecule has 0 spiro atoms. The summed E-state index contributed by atoms with van der Waals surface area (Å²) in [6.45, 7) is 0. The predicted octanol–water partition coefficient (Wildman–Crippen LogP) is -0.0100. The van der Waals surface area contributed by atoms with E-state index in [1.54, 1.807) is 0 Å². The van der Waals surface area contributed by atoms with Crippen molar-refractivity contribution >= 4 is 0 Å². The minimum absolute atomic E-state index is 0. The van der Waals surface area contributed by atoms with E-state index in [-0.39, 0.29) is 72.7 Å². The Morgan fingerprint density at radius 1 is 0.500 bits per heavy atom. The molecular formula is AuCo3. The fourth-order valence-electron chi connectivity index (χ4n) is 0. The van der Waals surface area contributed by atoms with Crippen molar-refractivity contribution in [2.24, 2.45) is 0 Å². The summed E-state index contributed by atoms with van der Waals surface area (Å²) in [5, 5.41) is 0. The molecule has 0 unspecified atom stereocenters. The van der Waals surface area contributed by atoms with E-state index in [4.69, 9.17) is 0 Å². The van der Waals surface area contributed by atoms with Gasteiger partial charge in [-0.3, -0.25) is 0 Å². The van der Waals surface area contributed by atoms with E-state index in [1.807, 2.05) is 0 Å². The molecule has 38 valence electrons. The van der Waals surface area contributed by atoms with Crippen LogP contribution in [0.3, 0.4) is 0 Å². The van der Waals surface area contributed by atoms with Crippen LogP contribution in [0.5, 0.6) is 0 Å². The standard InChI is InChI=1S/Au.3Co.